The number of amides is 3. The molecule has 6 heterocycles. The van der Waals surface area contributed by atoms with Crippen LogP contribution in [0.2, 0.25) is 0 Å². The first-order chi connectivity index (χ1) is 21.9. The molecule has 0 unspecified atom stereocenters. The van der Waals surface area contributed by atoms with Crippen LogP contribution in [0.15, 0.2) is 65.7 Å². The molecule has 0 spiro atoms. The number of aromatic amines is 1. The van der Waals surface area contributed by atoms with Crippen LogP contribution >= 0.6 is 0 Å². The largest absolute Gasteiger partial charge is 0.368 e. The normalized spacial score (nSPS) is 17.2. The van der Waals surface area contributed by atoms with Crippen molar-refractivity contribution in [2.24, 2.45) is 5.92 Å². The second kappa shape index (κ2) is 11.9. The van der Waals surface area contributed by atoms with Gasteiger partial charge in [0.15, 0.2) is 0 Å². The molecule has 0 bridgehead atoms. The van der Waals surface area contributed by atoms with Gasteiger partial charge in [-0.15, -0.1) is 0 Å². The monoisotopic (exact) mass is 606 g/mol. The first-order valence-electron chi connectivity index (χ1n) is 15.3. The molecule has 230 valence electrons. The van der Waals surface area contributed by atoms with Gasteiger partial charge in [0.1, 0.15) is 5.69 Å². The summed E-state index contributed by atoms with van der Waals surface area (Å²) in [6.45, 7) is 7.60. The Balaban J connectivity index is 0.871. The highest BCUT2D eigenvalue weighted by Crippen LogP contribution is 2.23. The molecular weight excluding hydrogens is 572 g/mol. The Labute approximate surface area is 259 Å². The summed E-state index contributed by atoms with van der Waals surface area (Å²) in [6, 6.07) is 14.4. The van der Waals surface area contributed by atoms with Crippen LogP contribution in [0.4, 0.5) is 5.69 Å². The molecule has 45 heavy (non-hydrogen) atoms. The Kier molecular flexibility index (Phi) is 7.60. The van der Waals surface area contributed by atoms with Gasteiger partial charge >= 0.3 is 0 Å². The Morgan fingerprint density at radius 3 is 2.33 bits per heavy atom. The molecule has 3 aliphatic heterocycles. The Morgan fingerprint density at radius 1 is 0.933 bits per heavy atom. The lowest BCUT2D eigenvalue weighted by Gasteiger charge is -2.39. The molecule has 12 heteroatoms. The van der Waals surface area contributed by atoms with E-state index in [-0.39, 0.29) is 29.2 Å². The number of benzene rings is 1. The maximum atomic E-state index is 13.0. The number of imide groups is 1. The summed E-state index contributed by atoms with van der Waals surface area (Å²) in [5.41, 5.74) is 8.47. The topological polar surface area (TPSA) is 135 Å². The number of anilines is 1. The van der Waals surface area contributed by atoms with Gasteiger partial charge < -0.3 is 14.8 Å². The van der Waals surface area contributed by atoms with E-state index in [2.05, 4.69) is 30.2 Å². The molecule has 0 aliphatic carbocycles. The fourth-order valence-electron chi connectivity index (χ4n) is 6.22. The second-order valence-electron chi connectivity index (χ2n) is 11.8. The zero-order chi connectivity index (χ0) is 31.1. The highest BCUT2D eigenvalue weighted by Gasteiger charge is 2.37. The van der Waals surface area contributed by atoms with Gasteiger partial charge in [0.2, 0.25) is 0 Å². The summed E-state index contributed by atoms with van der Waals surface area (Å²) in [7, 11) is 0. The number of likely N-dealkylation sites (tertiary alicyclic amines) is 1. The zero-order valence-corrected chi connectivity index (χ0v) is 25.0. The molecule has 3 aliphatic rings. The van der Waals surface area contributed by atoms with Crippen molar-refractivity contribution in [3.63, 3.8) is 0 Å². The molecule has 12 nitrogen and oxygen atoms in total. The lowest BCUT2D eigenvalue weighted by molar-refractivity contribution is 0.0390. The average molecular weight is 607 g/mol. The number of aryl methyl sites for hydroxylation is 1. The number of nitrogens with zero attached hydrogens (tertiary/aromatic N) is 6. The number of fused-ring (bicyclic) bond motifs is 2. The third-order valence-electron chi connectivity index (χ3n) is 8.89. The minimum atomic E-state index is -0.347. The van der Waals surface area contributed by atoms with Crippen LogP contribution in [0, 0.1) is 5.92 Å². The van der Waals surface area contributed by atoms with Gasteiger partial charge in [0.05, 0.1) is 34.0 Å². The lowest BCUT2D eigenvalue weighted by atomic mass is 10.00. The molecule has 1 aromatic carbocycles. The van der Waals surface area contributed by atoms with Crippen molar-refractivity contribution in [2.75, 3.05) is 50.7 Å². The number of pyridine rings is 3. The number of piperazine rings is 1. The van der Waals surface area contributed by atoms with Crippen molar-refractivity contribution in [3.05, 3.63) is 99.2 Å². The van der Waals surface area contributed by atoms with Gasteiger partial charge in [-0.2, -0.15) is 0 Å². The third kappa shape index (κ3) is 5.58. The highest BCUT2D eigenvalue weighted by atomic mass is 16.2. The Hall–Kier alpha value is -4.94. The molecule has 4 aromatic rings. The third-order valence-corrected chi connectivity index (χ3v) is 8.89. The van der Waals surface area contributed by atoms with E-state index >= 15 is 0 Å². The van der Waals surface area contributed by atoms with E-state index in [9.17, 15) is 19.2 Å². The van der Waals surface area contributed by atoms with Crippen molar-refractivity contribution in [2.45, 2.75) is 19.9 Å². The van der Waals surface area contributed by atoms with Crippen LogP contribution in [0.3, 0.4) is 0 Å². The van der Waals surface area contributed by atoms with E-state index in [0.717, 1.165) is 65.6 Å². The molecule has 0 radical (unpaired) electrons. The number of nitrogens with one attached hydrogen (secondary N) is 2. The first-order valence-corrected chi connectivity index (χ1v) is 15.3. The van der Waals surface area contributed by atoms with Gasteiger partial charge in [-0.3, -0.25) is 29.1 Å². The fraction of sp³-hybridized carbons (Fsp3) is 0.333. The molecule has 2 fully saturated rings. The molecule has 0 saturated carbocycles. The molecule has 2 N–H and O–H groups in total. The molecule has 2 saturated heterocycles. The molecule has 7 rings (SSSR count). The van der Waals surface area contributed by atoms with Crippen LogP contribution in [0.25, 0.3) is 11.0 Å². The van der Waals surface area contributed by atoms with Gasteiger partial charge in [-0.05, 0) is 48.4 Å². The van der Waals surface area contributed by atoms with Gasteiger partial charge in [-0.1, -0.05) is 19.1 Å². The SMILES string of the molecule is CCc1cc2ncc(CN3CCN(c4ccc(C(=O)N5CC(CNN6C(=O)c7ccccc7C6=O)C5)nc4)CC3)cc2[nH]c1=O. The molecule has 3 amide bonds. The van der Waals surface area contributed by atoms with Crippen LogP contribution in [-0.4, -0.2) is 93.3 Å². The van der Waals surface area contributed by atoms with Crippen LogP contribution in [0.1, 0.15) is 49.3 Å². The number of hydrogen-bond donors (Lipinski definition) is 2. The number of hydrazine groups is 1. The molecule has 3 aromatic heterocycles. The predicted octanol–water partition coefficient (Wildman–Crippen LogP) is 2.08. The Bertz CT molecular complexity index is 1810. The van der Waals surface area contributed by atoms with Crippen LogP contribution in [0.5, 0.6) is 0 Å². The van der Waals surface area contributed by atoms with Crippen molar-refractivity contribution >= 4 is 34.4 Å². The quantitative estimate of drug-likeness (QED) is 0.289. The van der Waals surface area contributed by atoms with Crippen LogP contribution < -0.4 is 15.9 Å². The summed E-state index contributed by atoms with van der Waals surface area (Å²) < 4.78 is 0. The minimum Gasteiger partial charge on any atom is -0.368 e. The van der Waals surface area contributed by atoms with Gasteiger partial charge in [0.25, 0.3) is 23.3 Å². The maximum absolute atomic E-state index is 13.0. The highest BCUT2D eigenvalue weighted by molar-refractivity contribution is 6.20. The zero-order valence-electron chi connectivity index (χ0n) is 25.0. The molecular formula is C33H34N8O4. The Morgan fingerprint density at radius 2 is 1.67 bits per heavy atom. The van der Waals surface area contributed by atoms with E-state index in [1.165, 1.54) is 0 Å². The first kappa shape index (κ1) is 28.8. The van der Waals surface area contributed by atoms with Crippen molar-refractivity contribution < 1.29 is 14.4 Å². The van der Waals surface area contributed by atoms with E-state index < -0.39 is 0 Å². The van der Waals surface area contributed by atoms with Crippen LogP contribution in [-0.2, 0) is 13.0 Å². The number of carbonyl (C=O) groups excluding carboxylic acids is 3. The van der Waals surface area contributed by atoms with Gasteiger partial charge in [-0.25, -0.2) is 15.4 Å². The second-order valence-corrected chi connectivity index (χ2v) is 11.8. The van der Waals surface area contributed by atoms with E-state index in [1.54, 1.807) is 41.4 Å². The van der Waals surface area contributed by atoms with Crippen molar-refractivity contribution in [1.82, 2.24) is 35.2 Å². The number of hydrogen-bond acceptors (Lipinski definition) is 9. The lowest BCUT2D eigenvalue weighted by Crippen LogP contribution is -2.56. The minimum absolute atomic E-state index is 0.0532. The van der Waals surface area contributed by atoms with Gasteiger partial charge in [0, 0.05) is 70.0 Å². The summed E-state index contributed by atoms with van der Waals surface area (Å²) >= 11 is 0. The van der Waals surface area contributed by atoms with E-state index in [4.69, 9.17) is 0 Å². The van der Waals surface area contributed by atoms with E-state index in [0.29, 0.717) is 42.9 Å². The predicted molar refractivity (Wildman–Crippen MR) is 168 cm³/mol. The number of H-pyrrole nitrogens is 1. The number of carbonyl (C=O) groups is 3. The summed E-state index contributed by atoms with van der Waals surface area (Å²) in [5.74, 6) is -0.685. The smallest absolute Gasteiger partial charge is 0.276 e. The van der Waals surface area contributed by atoms with Crippen molar-refractivity contribution in [1.29, 1.82) is 0 Å². The summed E-state index contributed by atoms with van der Waals surface area (Å²) in [5, 5.41) is 1.07. The maximum Gasteiger partial charge on any atom is 0.276 e. The van der Waals surface area contributed by atoms with E-state index in [1.807, 2.05) is 31.3 Å². The summed E-state index contributed by atoms with van der Waals surface area (Å²) in [6.07, 6.45) is 4.32. The molecule has 0 atom stereocenters. The summed E-state index contributed by atoms with van der Waals surface area (Å²) in [4.78, 5) is 68.7. The fourth-order valence-corrected chi connectivity index (χ4v) is 6.22. The average Bonchev–Trinajstić information content (AvgIpc) is 3.29. The number of rotatable bonds is 8. The standard InChI is InChI=1S/C33H34N8O4/c1-2-23-14-28-29(37-30(23)42)13-21(15-34-28)18-38-9-11-39(12-10-38)24-7-8-27(35-17-24)33(45)40-19-22(20-40)16-36-41-31(43)25-5-3-4-6-26(25)32(41)44/h3-8,13-15,17,22,36H,2,9-12,16,18-20H2,1H3,(H,37,42). The van der Waals surface area contributed by atoms with Crippen molar-refractivity contribution in [3.8, 4) is 0 Å². The number of aromatic nitrogens is 3.